The minimum atomic E-state index is -0.280. The van der Waals surface area contributed by atoms with Gasteiger partial charge in [0, 0.05) is 17.4 Å². The third-order valence-corrected chi connectivity index (χ3v) is 4.68. The number of aliphatic hydroxyl groups excluding tert-OH is 1. The molecule has 2 aliphatic carbocycles. The molecule has 0 aromatic carbocycles. The SMILES string of the molecule is C=C1C(=O)O[C@@H]2[C@@H]1CCC1[C@H]2C(C)=CC[C@@H]1O. The number of aliphatic hydroxyl groups is 1. The van der Waals surface area contributed by atoms with Gasteiger partial charge in [-0.15, -0.1) is 0 Å². The summed E-state index contributed by atoms with van der Waals surface area (Å²) in [6, 6.07) is 0. The summed E-state index contributed by atoms with van der Waals surface area (Å²) in [7, 11) is 0. The van der Waals surface area contributed by atoms with Crippen LogP contribution in [0.4, 0.5) is 0 Å². The number of fused-ring (bicyclic) bond motifs is 3. The average molecular weight is 234 g/mol. The molecule has 1 saturated heterocycles. The first-order valence-electron chi connectivity index (χ1n) is 6.34. The zero-order valence-corrected chi connectivity index (χ0v) is 10.1. The second kappa shape index (κ2) is 3.70. The van der Waals surface area contributed by atoms with E-state index in [9.17, 15) is 9.90 Å². The van der Waals surface area contributed by atoms with Crippen LogP contribution in [-0.4, -0.2) is 23.3 Å². The first kappa shape index (κ1) is 11.0. The van der Waals surface area contributed by atoms with E-state index in [1.807, 2.05) is 0 Å². The Morgan fingerprint density at radius 2 is 2.24 bits per heavy atom. The van der Waals surface area contributed by atoms with Gasteiger partial charge in [0.15, 0.2) is 0 Å². The van der Waals surface area contributed by atoms with Crippen LogP contribution in [0.15, 0.2) is 23.8 Å². The van der Waals surface area contributed by atoms with Crippen LogP contribution in [0.5, 0.6) is 0 Å². The number of carbonyl (C=O) groups is 1. The molecule has 3 rings (SSSR count). The molecule has 1 aliphatic heterocycles. The maximum absolute atomic E-state index is 11.6. The van der Waals surface area contributed by atoms with Gasteiger partial charge in [0.05, 0.1) is 6.10 Å². The smallest absolute Gasteiger partial charge is 0.334 e. The third-order valence-electron chi connectivity index (χ3n) is 4.68. The van der Waals surface area contributed by atoms with Crippen molar-refractivity contribution in [3.05, 3.63) is 23.8 Å². The predicted octanol–water partition coefficient (Wildman–Crippen LogP) is 1.82. The van der Waals surface area contributed by atoms with Crippen molar-refractivity contribution in [1.29, 1.82) is 0 Å². The van der Waals surface area contributed by atoms with Crippen molar-refractivity contribution in [2.75, 3.05) is 0 Å². The molecular weight excluding hydrogens is 216 g/mol. The lowest BCUT2D eigenvalue weighted by Gasteiger charge is -2.43. The first-order valence-corrected chi connectivity index (χ1v) is 6.34. The predicted molar refractivity (Wildman–Crippen MR) is 63.1 cm³/mol. The van der Waals surface area contributed by atoms with Crippen molar-refractivity contribution in [3.63, 3.8) is 0 Å². The lowest BCUT2D eigenvalue weighted by Crippen LogP contribution is -2.44. The first-order chi connectivity index (χ1) is 8.09. The molecule has 3 aliphatic rings. The number of rotatable bonds is 0. The second-order valence-electron chi connectivity index (χ2n) is 5.52. The highest BCUT2D eigenvalue weighted by atomic mass is 16.6. The molecule has 1 heterocycles. The molecule has 0 aromatic rings. The number of esters is 1. The van der Waals surface area contributed by atoms with E-state index in [4.69, 9.17) is 4.74 Å². The molecule has 5 atom stereocenters. The van der Waals surface area contributed by atoms with E-state index in [1.165, 1.54) is 5.57 Å². The molecule has 92 valence electrons. The Labute approximate surface area is 101 Å². The molecular formula is C14H18O3. The lowest BCUT2D eigenvalue weighted by molar-refractivity contribution is -0.144. The topological polar surface area (TPSA) is 46.5 Å². The summed E-state index contributed by atoms with van der Waals surface area (Å²) in [5.74, 6) is 0.367. The van der Waals surface area contributed by atoms with Gasteiger partial charge in [0.2, 0.25) is 0 Å². The van der Waals surface area contributed by atoms with E-state index in [1.54, 1.807) is 0 Å². The monoisotopic (exact) mass is 234 g/mol. The molecule has 17 heavy (non-hydrogen) atoms. The van der Waals surface area contributed by atoms with Gasteiger partial charge in [-0.1, -0.05) is 18.2 Å². The van der Waals surface area contributed by atoms with E-state index in [2.05, 4.69) is 19.6 Å². The summed E-state index contributed by atoms with van der Waals surface area (Å²) in [5.41, 5.74) is 1.89. The fourth-order valence-electron chi connectivity index (χ4n) is 3.73. The number of hydrogen-bond acceptors (Lipinski definition) is 3. The van der Waals surface area contributed by atoms with Crippen LogP contribution < -0.4 is 0 Å². The molecule has 0 bridgehead atoms. The normalized spacial score (nSPS) is 44.8. The Bertz CT molecular complexity index is 410. The van der Waals surface area contributed by atoms with Crippen molar-refractivity contribution in [3.8, 4) is 0 Å². The summed E-state index contributed by atoms with van der Waals surface area (Å²) >= 11 is 0. The Morgan fingerprint density at radius 3 is 3.00 bits per heavy atom. The molecule has 3 heteroatoms. The largest absolute Gasteiger partial charge is 0.458 e. The van der Waals surface area contributed by atoms with Gasteiger partial charge in [-0.3, -0.25) is 0 Å². The summed E-state index contributed by atoms with van der Waals surface area (Å²) in [4.78, 5) is 11.6. The van der Waals surface area contributed by atoms with Gasteiger partial charge in [-0.25, -0.2) is 4.79 Å². The highest BCUT2D eigenvalue weighted by molar-refractivity contribution is 5.91. The number of ether oxygens (including phenoxy) is 1. The average Bonchev–Trinajstić information content (AvgIpc) is 2.60. The van der Waals surface area contributed by atoms with Crippen LogP contribution in [0.2, 0.25) is 0 Å². The van der Waals surface area contributed by atoms with Gasteiger partial charge < -0.3 is 9.84 Å². The summed E-state index contributed by atoms with van der Waals surface area (Å²) in [5, 5.41) is 10.1. The summed E-state index contributed by atoms with van der Waals surface area (Å²) in [6.45, 7) is 5.93. The van der Waals surface area contributed by atoms with Gasteiger partial charge >= 0.3 is 5.97 Å². The summed E-state index contributed by atoms with van der Waals surface area (Å²) in [6.07, 6.45) is 4.34. The summed E-state index contributed by atoms with van der Waals surface area (Å²) < 4.78 is 5.48. The lowest BCUT2D eigenvalue weighted by atomic mass is 9.64. The van der Waals surface area contributed by atoms with E-state index < -0.39 is 0 Å². The third kappa shape index (κ3) is 1.48. The van der Waals surface area contributed by atoms with E-state index in [0.717, 1.165) is 19.3 Å². The quantitative estimate of drug-likeness (QED) is 0.395. The van der Waals surface area contributed by atoms with Crippen LogP contribution in [0.1, 0.15) is 26.2 Å². The zero-order chi connectivity index (χ0) is 12.2. The van der Waals surface area contributed by atoms with E-state index in [0.29, 0.717) is 5.57 Å². The molecule has 1 N–H and O–H groups in total. The van der Waals surface area contributed by atoms with Crippen molar-refractivity contribution in [1.82, 2.24) is 0 Å². The number of carbonyl (C=O) groups excluding carboxylic acids is 1. The van der Waals surface area contributed by atoms with Crippen LogP contribution in [0, 0.1) is 17.8 Å². The molecule has 1 saturated carbocycles. The maximum atomic E-state index is 11.6. The minimum Gasteiger partial charge on any atom is -0.458 e. The van der Waals surface area contributed by atoms with Gasteiger partial charge in [-0.05, 0) is 32.1 Å². The molecule has 0 radical (unpaired) electrons. The van der Waals surface area contributed by atoms with Crippen molar-refractivity contribution in [2.24, 2.45) is 17.8 Å². The van der Waals surface area contributed by atoms with Gasteiger partial charge in [0.25, 0.3) is 0 Å². The fourth-order valence-corrected chi connectivity index (χ4v) is 3.73. The Kier molecular flexibility index (Phi) is 2.40. The van der Waals surface area contributed by atoms with Crippen molar-refractivity contribution < 1.29 is 14.6 Å². The van der Waals surface area contributed by atoms with Gasteiger partial charge in [-0.2, -0.15) is 0 Å². The van der Waals surface area contributed by atoms with Crippen LogP contribution in [0.3, 0.4) is 0 Å². The Balaban J connectivity index is 1.96. The highest BCUT2D eigenvalue weighted by Gasteiger charge is 2.51. The van der Waals surface area contributed by atoms with Crippen LogP contribution in [0.25, 0.3) is 0 Å². The van der Waals surface area contributed by atoms with E-state index >= 15 is 0 Å². The Morgan fingerprint density at radius 1 is 1.47 bits per heavy atom. The number of hydrogen-bond donors (Lipinski definition) is 1. The zero-order valence-electron chi connectivity index (χ0n) is 10.1. The molecule has 3 nitrogen and oxygen atoms in total. The van der Waals surface area contributed by atoms with Crippen LogP contribution in [-0.2, 0) is 9.53 Å². The standard InChI is InChI=1S/C14H18O3/c1-7-3-6-11(15)10-5-4-9-8(2)14(16)17-13(9)12(7)10/h3,9-13,15H,2,4-6H2,1H3/t9-,10?,11+,12-,13-/m1/s1. The van der Waals surface area contributed by atoms with Crippen molar-refractivity contribution >= 4 is 5.97 Å². The van der Waals surface area contributed by atoms with Crippen LogP contribution >= 0.6 is 0 Å². The molecule has 1 unspecified atom stereocenters. The highest BCUT2D eigenvalue weighted by Crippen LogP contribution is 2.49. The molecule has 0 spiro atoms. The fraction of sp³-hybridized carbons (Fsp3) is 0.643. The molecule has 0 aromatic heterocycles. The maximum Gasteiger partial charge on any atom is 0.334 e. The van der Waals surface area contributed by atoms with Gasteiger partial charge in [0.1, 0.15) is 6.10 Å². The minimum absolute atomic E-state index is 0.0834. The second-order valence-corrected chi connectivity index (χ2v) is 5.52. The Hall–Kier alpha value is -1.09. The van der Waals surface area contributed by atoms with E-state index in [-0.39, 0.29) is 35.9 Å². The molecule has 0 amide bonds. The van der Waals surface area contributed by atoms with Crippen molar-refractivity contribution in [2.45, 2.75) is 38.4 Å². The molecule has 2 fully saturated rings.